The van der Waals surface area contributed by atoms with Crippen LogP contribution in [0.15, 0.2) is 38.4 Å². The topological polar surface area (TPSA) is 74.4 Å². The summed E-state index contributed by atoms with van der Waals surface area (Å²) < 4.78 is 0. The molecule has 0 saturated carbocycles. The average Bonchev–Trinajstić information content (AvgIpc) is 2.41. The van der Waals surface area contributed by atoms with Crippen molar-refractivity contribution in [1.29, 1.82) is 0 Å². The molecular formula is C6H3N3O2. The largest absolute Gasteiger partial charge is 0.476 e. The van der Waals surface area contributed by atoms with Gasteiger partial charge in [-0.15, -0.1) is 10.2 Å². The molecule has 1 N–H and O–H groups in total. The summed E-state index contributed by atoms with van der Waals surface area (Å²) >= 11 is 0. The van der Waals surface area contributed by atoms with Crippen LogP contribution in [-0.2, 0) is 4.79 Å². The van der Waals surface area contributed by atoms with Gasteiger partial charge < -0.3 is 5.11 Å². The van der Waals surface area contributed by atoms with Crippen LogP contribution in [0.5, 0.6) is 0 Å². The Bertz CT molecular complexity index is 349. The molecule has 0 aromatic carbocycles. The van der Waals surface area contributed by atoms with Gasteiger partial charge in [-0.2, -0.15) is 0 Å². The van der Waals surface area contributed by atoms with Crippen molar-refractivity contribution in [3.05, 3.63) is 23.2 Å². The zero-order valence-corrected chi connectivity index (χ0v) is 5.35. The van der Waals surface area contributed by atoms with Gasteiger partial charge in [0.2, 0.25) is 0 Å². The molecule has 5 nitrogen and oxygen atoms in total. The summed E-state index contributed by atoms with van der Waals surface area (Å²) in [6.45, 7) is 0. The minimum absolute atomic E-state index is 0.0301. The van der Waals surface area contributed by atoms with Gasteiger partial charge in [0.05, 0.1) is 11.8 Å². The standard InChI is InChI=1S/C6H3N3O2/c10-6(11)5-3-1-7-2-4(3)8-9-5/h1-2H,(H,10,11). The Hall–Kier alpha value is -1.78. The van der Waals surface area contributed by atoms with E-state index in [0.717, 1.165) is 0 Å². The second kappa shape index (κ2) is 1.85. The van der Waals surface area contributed by atoms with Crippen molar-refractivity contribution < 1.29 is 9.90 Å². The molecule has 0 aromatic rings. The van der Waals surface area contributed by atoms with E-state index in [2.05, 4.69) is 15.2 Å². The first-order valence-electron chi connectivity index (χ1n) is 2.92. The van der Waals surface area contributed by atoms with E-state index in [4.69, 9.17) is 5.11 Å². The van der Waals surface area contributed by atoms with Gasteiger partial charge in [0.15, 0.2) is 5.70 Å². The molecule has 5 heteroatoms. The number of hydrogen-bond donors (Lipinski definition) is 1. The maximum atomic E-state index is 10.4. The summed E-state index contributed by atoms with van der Waals surface area (Å²) in [5.41, 5.74) is 0.998. The van der Waals surface area contributed by atoms with Gasteiger partial charge in [-0.3, -0.25) is 4.99 Å². The molecule has 0 unspecified atom stereocenters. The van der Waals surface area contributed by atoms with Gasteiger partial charge in [-0.1, -0.05) is 0 Å². The molecule has 2 aliphatic rings. The number of hydrogen-bond acceptors (Lipinski definition) is 4. The van der Waals surface area contributed by atoms with Crippen LogP contribution < -0.4 is 0 Å². The minimum Gasteiger partial charge on any atom is -0.476 e. The third-order valence-electron chi connectivity index (χ3n) is 1.39. The SMILES string of the molecule is O=C(O)C1=C2C=NC=C2N=N1. The molecule has 0 aromatic heterocycles. The number of fused-ring (bicyclic) bond motifs is 1. The van der Waals surface area contributed by atoms with Crippen molar-refractivity contribution in [2.24, 2.45) is 15.2 Å². The van der Waals surface area contributed by atoms with E-state index in [1.165, 1.54) is 12.4 Å². The zero-order valence-electron chi connectivity index (χ0n) is 5.35. The van der Waals surface area contributed by atoms with E-state index in [0.29, 0.717) is 11.3 Å². The number of azo groups is 1. The number of allylic oxidation sites excluding steroid dienone is 1. The van der Waals surface area contributed by atoms with Crippen LogP contribution in [0.25, 0.3) is 0 Å². The molecule has 2 rings (SSSR count). The first-order chi connectivity index (χ1) is 5.29. The fourth-order valence-corrected chi connectivity index (χ4v) is 0.896. The molecule has 0 radical (unpaired) electrons. The second-order valence-corrected chi connectivity index (χ2v) is 2.06. The van der Waals surface area contributed by atoms with Crippen LogP contribution in [0.1, 0.15) is 0 Å². The smallest absolute Gasteiger partial charge is 0.357 e. The highest BCUT2D eigenvalue weighted by Gasteiger charge is 2.23. The molecule has 11 heavy (non-hydrogen) atoms. The van der Waals surface area contributed by atoms with Crippen LogP contribution in [0.4, 0.5) is 0 Å². The number of carbonyl (C=O) groups is 1. The third-order valence-corrected chi connectivity index (χ3v) is 1.39. The number of carboxylic acids is 1. The van der Waals surface area contributed by atoms with Crippen molar-refractivity contribution in [3.8, 4) is 0 Å². The molecule has 0 bridgehead atoms. The highest BCUT2D eigenvalue weighted by atomic mass is 16.4. The average molecular weight is 149 g/mol. The second-order valence-electron chi connectivity index (χ2n) is 2.06. The maximum Gasteiger partial charge on any atom is 0.357 e. The fourth-order valence-electron chi connectivity index (χ4n) is 0.896. The van der Waals surface area contributed by atoms with E-state index in [1.54, 1.807) is 0 Å². The molecular weight excluding hydrogens is 146 g/mol. The van der Waals surface area contributed by atoms with Gasteiger partial charge in [0, 0.05) is 6.21 Å². The summed E-state index contributed by atoms with van der Waals surface area (Å²) in [6, 6.07) is 0. The van der Waals surface area contributed by atoms with Crippen LogP contribution in [0, 0.1) is 0 Å². The monoisotopic (exact) mass is 149 g/mol. The van der Waals surface area contributed by atoms with Gasteiger partial charge in [0.1, 0.15) is 5.70 Å². The lowest BCUT2D eigenvalue weighted by molar-refractivity contribution is -0.132. The van der Waals surface area contributed by atoms with Gasteiger partial charge in [0.25, 0.3) is 0 Å². The van der Waals surface area contributed by atoms with E-state index >= 15 is 0 Å². The predicted molar refractivity (Wildman–Crippen MR) is 36.1 cm³/mol. The molecule has 0 fully saturated rings. The lowest BCUT2D eigenvalue weighted by Gasteiger charge is -1.87. The maximum absolute atomic E-state index is 10.4. The number of nitrogens with zero attached hydrogens (tertiary/aromatic N) is 3. The molecule has 2 heterocycles. The van der Waals surface area contributed by atoms with Crippen molar-refractivity contribution in [3.63, 3.8) is 0 Å². The van der Waals surface area contributed by atoms with E-state index in [-0.39, 0.29) is 5.70 Å². The van der Waals surface area contributed by atoms with Gasteiger partial charge >= 0.3 is 5.97 Å². The van der Waals surface area contributed by atoms with E-state index < -0.39 is 5.97 Å². The summed E-state index contributed by atoms with van der Waals surface area (Å²) in [7, 11) is 0. The van der Waals surface area contributed by atoms with Crippen molar-refractivity contribution >= 4 is 12.2 Å². The Morgan fingerprint density at radius 3 is 3.00 bits per heavy atom. The Balaban J connectivity index is 2.55. The van der Waals surface area contributed by atoms with E-state index in [1.807, 2.05) is 0 Å². The van der Waals surface area contributed by atoms with Gasteiger partial charge in [-0.05, 0) is 0 Å². The lowest BCUT2D eigenvalue weighted by atomic mass is 10.2. The van der Waals surface area contributed by atoms with Crippen molar-refractivity contribution in [2.75, 3.05) is 0 Å². The Kier molecular flexibility index (Phi) is 1.00. The van der Waals surface area contributed by atoms with Gasteiger partial charge in [-0.25, -0.2) is 4.79 Å². The Morgan fingerprint density at radius 1 is 1.45 bits per heavy atom. The summed E-state index contributed by atoms with van der Waals surface area (Å²) in [5.74, 6) is -1.07. The van der Waals surface area contributed by atoms with Crippen molar-refractivity contribution in [2.45, 2.75) is 0 Å². The number of aliphatic imine (C=N–C) groups is 1. The molecule has 0 aliphatic carbocycles. The summed E-state index contributed by atoms with van der Waals surface area (Å²) in [5, 5.41) is 15.6. The Labute approximate surface area is 61.5 Å². The molecule has 0 atom stereocenters. The Morgan fingerprint density at radius 2 is 2.27 bits per heavy atom. The third kappa shape index (κ3) is 0.706. The van der Waals surface area contributed by atoms with Crippen molar-refractivity contribution in [1.82, 2.24) is 0 Å². The number of aliphatic carboxylic acids is 1. The summed E-state index contributed by atoms with van der Waals surface area (Å²) in [6.07, 6.45) is 2.92. The molecule has 2 aliphatic heterocycles. The first-order valence-corrected chi connectivity index (χ1v) is 2.92. The number of rotatable bonds is 1. The van der Waals surface area contributed by atoms with Crippen LogP contribution in [0.3, 0.4) is 0 Å². The first kappa shape index (κ1) is 5.96. The predicted octanol–water partition coefficient (Wildman–Crippen LogP) is 0.717. The van der Waals surface area contributed by atoms with Crippen LogP contribution in [0.2, 0.25) is 0 Å². The lowest BCUT2D eigenvalue weighted by Crippen LogP contribution is -1.99. The molecule has 0 amide bonds. The summed E-state index contributed by atoms with van der Waals surface area (Å²) in [4.78, 5) is 14.2. The molecule has 0 saturated heterocycles. The van der Waals surface area contributed by atoms with E-state index in [9.17, 15) is 4.79 Å². The number of carboxylic acid groups (broad SMARTS) is 1. The normalized spacial score (nSPS) is 19.1. The molecule has 54 valence electrons. The van der Waals surface area contributed by atoms with Crippen LogP contribution in [-0.4, -0.2) is 17.3 Å². The van der Waals surface area contributed by atoms with Crippen LogP contribution >= 0.6 is 0 Å². The minimum atomic E-state index is -1.07. The quantitative estimate of drug-likeness (QED) is 0.596. The highest BCUT2D eigenvalue weighted by molar-refractivity contribution is 6.00. The molecule has 0 spiro atoms. The fraction of sp³-hybridized carbons (Fsp3) is 0. The zero-order chi connectivity index (χ0) is 7.84. The highest BCUT2D eigenvalue weighted by Crippen LogP contribution is 2.27.